The Morgan fingerprint density at radius 3 is 2.74 bits per heavy atom. The normalized spacial score (nSPS) is 13.3. The average Bonchev–Trinajstić information content (AvgIpc) is 2.97. The summed E-state index contributed by atoms with van der Waals surface area (Å²) in [5.41, 5.74) is 1.54. The molecular weight excluding hydrogens is 294 g/mol. The molecule has 0 aromatic carbocycles. The first kappa shape index (κ1) is 16.6. The van der Waals surface area contributed by atoms with Gasteiger partial charge < -0.3 is 5.32 Å². The molecule has 0 fully saturated rings. The summed E-state index contributed by atoms with van der Waals surface area (Å²) in [5.74, 6) is -2.53. The minimum Gasteiger partial charge on any atom is -0.358 e. The number of pyridine rings is 1. The zero-order valence-corrected chi connectivity index (χ0v) is 13.6. The van der Waals surface area contributed by atoms with Crippen LogP contribution in [0.4, 0.5) is 0 Å². The van der Waals surface area contributed by atoms with Crippen molar-refractivity contribution in [2.45, 2.75) is 33.2 Å². The van der Waals surface area contributed by atoms with E-state index in [-0.39, 0.29) is 6.04 Å². The van der Waals surface area contributed by atoms with E-state index in [9.17, 15) is 9.59 Å². The van der Waals surface area contributed by atoms with E-state index < -0.39 is 17.6 Å². The number of aryl methyl sites for hydroxylation is 1. The molecule has 0 spiro atoms. The number of rotatable bonds is 5. The van der Waals surface area contributed by atoms with Crippen molar-refractivity contribution in [3.05, 3.63) is 23.5 Å². The molecule has 1 amide bonds. The van der Waals surface area contributed by atoms with Crippen LogP contribution in [-0.2, 0) is 4.79 Å². The quantitative estimate of drug-likeness (QED) is 0.670. The lowest BCUT2D eigenvalue weighted by Gasteiger charge is -2.12. The Morgan fingerprint density at radius 2 is 2.17 bits per heavy atom. The Bertz CT molecular complexity index is 803. The van der Waals surface area contributed by atoms with Crippen molar-refractivity contribution in [3.63, 3.8) is 0 Å². The second-order valence-electron chi connectivity index (χ2n) is 5.44. The van der Waals surface area contributed by atoms with Gasteiger partial charge in [-0.2, -0.15) is 10.4 Å². The predicted molar refractivity (Wildman–Crippen MR) is 84.8 cm³/mol. The molecule has 2 aromatic heterocycles. The maximum Gasteiger partial charge on any atom is 0.245 e. The van der Waals surface area contributed by atoms with Crippen molar-refractivity contribution in [1.29, 1.82) is 5.26 Å². The molecule has 23 heavy (non-hydrogen) atoms. The first-order valence-electron chi connectivity index (χ1n) is 7.44. The second-order valence-corrected chi connectivity index (χ2v) is 5.44. The molecule has 7 nitrogen and oxygen atoms in total. The smallest absolute Gasteiger partial charge is 0.245 e. The van der Waals surface area contributed by atoms with E-state index in [1.807, 2.05) is 13.8 Å². The van der Waals surface area contributed by atoms with Gasteiger partial charge in [0.05, 0.1) is 18.3 Å². The van der Waals surface area contributed by atoms with Crippen LogP contribution in [0, 0.1) is 24.2 Å². The highest BCUT2D eigenvalue weighted by molar-refractivity contribution is 6.16. The second kappa shape index (κ2) is 6.57. The highest BCUT2D eigenvalue weighted by Gasteiger charge is 2.29. The summed E-state index contributed by atoms with van der Waals surface area (Å²) in [6.45, 7) is 5.82. The van der Waals surface area contributed by atoms with Gasteiger partial charge in [0.2, 0.25) is 5.91 Å². The summed E-state index contributed by atoms with van der Waals surface area (Å²) >= 11 is 0. The van der Waals surface area contributed by atoms with Crippen LogP contribution in [0.5, 0.6) is 0 Å². The van der Waals surface area contributed by atoms with Crippen LogP contribution in [0.3, 0.4) is 0 Å². The van der Waals surface area contributed by atoms with Gasteiger partial charge in [0.1, 0.15) is 0 Å². The number of carbonyl (C=O) groups excluding carboxylic acids is 2. The number of fused-ring (bicyclic) bond motifs is 1. The number of amides is 1. The average molecular weight is 313 g/mol. The molecule has 2 heterocycles. The molecule has 0 aliphatic heterocycles. The van der Waals surface area contributed by atoms with Crippen molar-refractivity contribution in [1.82, 2.24) is 20.1 Å². The number of hydrogen-bond donors (Lipinski definition) is 1. The molecule has 0 saturated carbocycles. The molecule has 0 aliphatic rings. The number of nitrogens with zero attached hydrogens (tertiary/aromatic N) is 4. The lowest BCUT2D eigenvalue weighted by Crippen LogP contribution is -2.32. The Morgan fingerprint density at radius 1 is 1.48 bits per heavy atom. The van der Waals surface area contributed by atoms with E-state index >= 15 is 0 Å². The van der Waals surface area contributed by atoms with Gasteiger partial charge in [-0.15, -0.1) is 0 Å². The Balaban J connectivity index is 2.62. The van der Waals surface area contributed by atoms with Crippen LogP contribution in [0.25, 0.3) is 11.0 Å². The minimum absolute atomic E-state index is 0.135. The van der Waals surface area contributed by atoms with Gasteiger partial charge in [-0.25, -0.2) is 9.67 Å². The molecule has 120 valence electrons. The van der Waals surface area contributed by atoms with Crippen LogP contribution in [0.15, 0.2) is 12.3 Å². The fraction of sp³-hybridized carbons (Fsp3) is 0.438. The molecule has 0 radical (unpaired) electrons. The number of ketones is 1. The van der Waals surface area contributed by atoms with E-state index in [4.69, 9.17) is 5.26 Å². The first-order valence-corrected chi connectivity index (χ1v) is 7.44. The molecule has 0 unspecified atom stereocenters. The molecule has 2 atom stereocenters. The molecule has 7 heteroatoms. The molecule has 2 rings (SSSR count). The van der Waals surface area contributed by atoms with E-state index in [0.29, 0.717) is 22.3 Å². The van der Waals surface area contributed by atoms with Crippen LogP contribution >= 0.6 is 0 Å². The number of aromatic nitrogens is 3. The van der Waals surface area contributed by atoms with Gasteiger partial charge in [0.25, 0.3) is 0 Å². The van der Waals surface area contributed by atoms with E-state index in [1.165, 1.54) is 7.05 Å². The fourth-order valence-corrected chi connectivity index (χ4v) is 2.38. The Kier molecular flexibility index (Phi) is 4.74. The van der Waals surface area contributed by atoms with Gasteiger partial charge in [0, 0.05) is 23.7 Å². The predicted octanol–water partition coefficient (Wildman–Crippen LogP) is 1.78. The molecule has 0 bridgehead atoms. The molecular formula is C16H19N5O2. The van der Waals surface area contributed by atoms with Crippen LogP contribution in [0.1, 0.15) is 42.4 Å². The SMILES string of the molecule is CC[C@@H](C)n1ncc2c(C(=O)[C@@H](C#N)C(=O)NC)cc(C)nc21. The van der Waals surface area contributed by atoms with Gasteiger partial charge in [-0.3, -0.25) is 9.59 Å². The third kappa shape index (κ3) is 2.93. The van der Waals surface area contributed by atoms with Crippen molar-refractivity contribution in [2.24, 2.45) is 5.92 Å². The van der Waals surface area contributed by atoms with Gasteiger partial charge in [-0.1, -0.05) is 6.92 Å². The number of nitrogens with one attached hydrogen (secondary N) is 1. The number of carbonyl (C=O) groups is 2. The molecule has 2 aromatic rings. The maximum atomic E-state index is 12.6. The van der Waals surface area contributed by atoms with Gasteiger partial charge >= 0.3 is 0 Å². The van der Waals surface area contributed by atoms with E-state index in [2.05, 4.69) is 15.4 Å². The van der Waals surface area contributed by atoms with Crippen molar-refractivity contribution in [3.8, 4) is 6.07 Å². The minimum atomic E-state index is -1.38. The number of nitriles is 1. The summed E-state index contributed by atoms with van der Waals surface area (Å²) in [6, 6.07) is 3.50. The van der Waals surface area contributed by atoms with Crippen LogP contribution in [0.2, 0.25) is 0 Å². The van der Waals surface area contributed by atoms with Crippen molar-refractivity contribution < 1.29 is 9.59 Å². The third-order valence-electron chi connectivity index (χ3n) is 3.87. The fourth-order valence-electron chi connectivity index (χ4n) is 2.38. The van der Waals surface area contributed by atoms with Crippen LogP contribution < -0.4 is 5.32 Å². The highest BCUT2D eigenvalue weighted by Crippen LogP contribution is 2.24. The Labute approximate surface area is 134 Å². The molecule has 0 aliphatic carbocycles. The zero-order chi connectivity index (χ0) is 17.1. The summed E-state index contributed by atoms with van der Waals surface area (Å²) in [7, 11) is 1.40. The maximum absolute atomic E-state index is 12.6. The first-order chi connectivity index (χ1) is 10.9. The third-order valence-corrected chi connectivity index (χ3v) is 3.87. The largest absolute Gasteiger partial charge is 0.358 e. The lowest BCUT2D eigenvalue weighted by molar-refractivity contribution is -0.121. The highest BCUT2D eigenvalue weighted by atomic mass is 16.2. The molecule has 1 N–H and O–H groups in total. The zero-order valence-electron chi connectivity index (χ0n) is 13.6. The topological polar surface area (TPSA) is 101 Å². The summed E-state index contributed by atoms with van der Waals surface area (Å²) in [4.78, 5) is 28.9. The van der Waals surface area contributed by atoms with Crippen molar-refractivity contribution >= 4 is 22.7 Å². The summed E-state index contributed by atoms with van der Waals surface area (Å²) in [5, 5.41) is 16.4. The number of Topliss-reactive ketones (excluding diaryl/α,β-unsaturated/α-hetero) is 1. The van der Waals surface area contributed by atoms with Gasteiger partial charge in [-0.05, 0) is 26.3 Å². The van der Waals surface area contributed by atoms with Crippen LogP contribution in [-0.4, -0.2) is 33.5 Å². The van der Waals surface area contributed by atoms with E-state index in [0.717, 1.165) is 6.42 Å². The summed E-state index contributed by atoms with van der Waals surface area (Å²) in [6.07, 6.45) is 2.44. The summed E-state index contributed by atoms with van der Waals surface area (Å²) < 4.78 is 1.76. The molecule has 0 saturated heterocycles. The van der Waals surface area contributed by atoms with Crippen molar-refractivity contribution in [2.75, 3.05) is 7.05 Å². The standard InChI is InChI=1S/C16H19N5O2/c1-5-10(3)21-15-13(8-19-21)11(6-9(2)20-15)14(22)12(7-17)16(23)18-4/h6,8,10,12H,5H2,1-4H3,(H,18,23)/t10-,12-/m1/s1. The number of hydrogen-bond acceptors (Lipinski definition) is 5. The Hall–Kier alpha value is -2.75. The monoisotopic (exact) mass is 313 g/mol. The van der Waals surface area contributed by atoms with Gasteiger partial charge in [0.15, 0.2) is 17.3 Å². The van der Waals surface area contributed by atoms with E-state index in [1.54, 1.807) is 29.9 Å². The lowest BCUT2D eigenvalue weighted by atomic mass is 9.96.